The maximum atomic E-state index is 12.6. The minimum atomic E-state index is -1.16. The first-order chi connectivity index (χ1) is 16.9. The zero-order valence-corrected chi connectivity index (χ0v) is 20.1. The van der Waals surface area contributed by atoms with E-state index in [0.717, 1.165) is 33.6 Å². The van der Waals surface area contributed by atoms with Crippen molar-refractivity contribution >= 4 is 34.4 Å². The van der Waals surface area contributed by atoms with Crippen molar-refractivity contribution in [2.45, 2.75) is 25.3 Å². The summed E-state index contributed by atoms with van der Waals surface area (Å²) in [5.74, 6) is -1.81. The van der Waals surface area contributed by atoms with Crippen LogP contribution in [0.5, 0.6) is 0 Å². The number of aryl methyl sites for hydroxylation is 1. The van der Waals surface area contributed by atoms with Crippen molar-refractivity contribution in [2.75, 3.05) is 25.6 Å². The Morgan fingerprint density at radius 1 is 1.09 bits per heavy atom. The Balaban J connectivity index is 1.39. The zero-order valence-electron chi connectivity index (χ0n) is 19.2. The Kier molecular flexibility index (Phi) is 7.42. The Labute approximate surface area is 206 Å². The summed E-state index contributed by atoms with van der Waals surface area (Å²) in [6, 6.07) is 15.0. The third kappa shape index (κ3) is 5.33. The molecular weight excluding hydrogens is 470 g/mol. The first-order valence-electron chi connectivity index (χ1n) is 11.0. The monoisotopic (exact) mass is 495 g/mol. The van der Waals surface area contributed by atoms with Gasteiger partial charge >= 0.3 is 12.1 Å². The summed E-state index contributed by atoms with van der Waals surface area (Å²) < 4.78 is 10.4. The second-order valence-corrected chi connectivity index (χ2v) is 9.03. The summed E-state index contributed by atoms with van der Waals surface area (Å²) >= 11 is 0.949. The molecular formula is C25H25N3O6S. The van der Waals surface area contributed by atoms with Gasteiger partial charge in [-0.25, -0.2) is 14.6 Å². The van der Waals surface area contributed by atoms with Crippen LogP contribution >= 0.6 is 11.3 Å². The molecule has 0 aliphatic heterocycles. The van der Waals surface area contributed by atoms with Crippen molar-refractivity contribution in [3.8, 4) is 11.1 Å². The fraction of sp³-hybridized carbons (Fsp3) is 0.280. The molecule has 0 fully saturated rings. The minimum absolute atomic E-state index is 0.0763. The highest BCUT2D eigenvalue weighted by Crippen LogP contribution is 2.44. The molecule has 10 heteroatoms. The Morgan fingerprint density at radius 2 is 1.71 bits per heavy atom. The number of anilines is 1. The van der Waals surface area contributed by atoms with Crippen molar-refractivity contribution in [1.82, 2.24) is 10.3 Å². The molecule has 1 aliphatic rings. The minimum Gasteiger partial charge on any atom is -0.480 e. The molecule has 1 unspecified atom stereocenters. The van der Waals surface area contributed by atoms with Gasteiger partial charge in [0.25, 0.3) is 5.91 Å². The van der Waals surface area contributed by atoms with Crippen molar-refractivity contribution in [3.63, 3.8) is 0 Å². The molecule has 0 saturated heterocycles. The first-order valence-corrected chi connectivity index (χ1v) is 11.8. The van der Waals surface area contributed by atoms with Crippen LogP contribution in [0.4, 0.5) is 9.93 Å². The number of carboxylic acids is 1. The smallest absolute Gasteiger partial charge is 0.413 e. The van der Waals surface area contributed by atoms with E-state index in [2.05, 4.69) is 27.8 Å². The fourth-order valence-electron chi connectivity index (χ4n) is 4.10. The highest BCUT2D eigenvalue weighted by Gasteiger charge is 2.29. The highest BCUT2D eigenvalue weighted by atomic mass is 32.1. The first kappa shape index (κ1) is 24.4. The molecule has 1 atom stereocenters. The molecule has 4 rings (SSSR count). The molecule has 0 saturated carbocycles. The van der Waals surface area contributed by atoms with Crippen molar-refractivity contribution in [3.05, 3.63) is 70.2 Å². The van der Waals surface area contributed by atoms with E-state index in [1.807, 2.05) is 36.4 Å². The van der Waals surface area contributed by atoms with Crippen LogP contribution < -0.4 is 10.6 Å². The standard InChI is InChI=1S/C25H25N3O6S/c1-14-21(22(29)27-20(23(30)31)11-12-33-2)35-24(26-14)28-25(32)34-13-19-17-9-5-3-7-15(17)16-8-4-6-10-18(16)19/h3-10,19-20H,11-13H2,1-2H3,(H,27,29)(H,30,31)(H,26,28,32). The maximum absolute atomic E-state index is 12.6. The van der Waals surface area contributed by atoms with E-state index < -0.39 is 24.0 Å². The van der Waals surface area contributed by atoms with Crippen molar-refractivity contribution in [2.24, 2.45) is 0 Å². The van der Waals surface area contributed by atoms with E-state index in [1.165, 1.54) is 7.11 Å². The van der Waals surface area contributed by atoms with Gasteiger partial charge in [-0.15, -0.1) is 0 Å². The molecule has 0 radical (unpaired) electrons. The van der Waals surface area contributed by atoms with Crippen LogP contribution in [0.1, 0.15) is 38.8 Å². The van der Waals surface area contributed by atoms with E-state index in [-0.39, 0.29) is 35.6 Å². The average molecular weight is 496 g/mol. The number of carbonyl (C=O) groups is 3. The molecule has 1 aliphatic carbocycles. The number of carbonyl (C=O) groups excluding carboxylic acids is 2. The number of amides is 2. The van der Waals surface area contributed by atoms with E-state index in [0.29, 0.717) is 5.69 Å². The summed E-state index contributed by atoms with van der Waals surface area (Å²) in [7, 11) is 1.45. The lowest BCUT2D eigenvalue weighted by Gasteiger charge is -2.14. The number of methoxy groups -OCH3 is 1. The molecule has 2 aromatic carbocycles. The number of fused-ring (bicyclic) bond motifs is 3. The quantitative estimate of drug-likeness (QED) is 0.409. The highest BCUT2D eigenvalue weighted by molar-refractivity contribution is 7.17. The predicted octanol–water partition coefficient (Wildman–Crippen LogP) is 4.03. The topological polar surface area (TPSA) is 127 Å². The van der Waals surface area contributed by atoms with Gasteiger partial charge in [0.1, 0.15) is 17.5 Å². The summed E-state index contributed by atoms with van der Waals surface area (Å²) in [6.45, 7) is 1.95. The number of thiazole rings is 1. The second kappa shape index (κ2) is 10.7. The Bertz CT molecular complexity index is 1210. The van der Waals surface area contributed by atoms with Crippen LogP contribution in [0, 0.1) is 6.92 Å². The average Bonchev–Trinajstić information content (AvgIpc) is 3.37. The number of ether oxygens (including phenoxy) is 2. The third-order valence-corrected chi connectivity index (χ3v) is 6.84. The van der Waals surface area contributed by atoms with Gasteiger partial charge in [-0.05, 0) is 29.2 Å². The molecule has 3 aromatic rings. The number of hydrogen-bond donors (Lipinski definition) is 3. The van der Waals surface area contributed by atoms with Crippen LogP contribution in [-0.2, 0) is 14.3 Å². The van der Waals surface area contributed by atoms with Crippen molar-refractivity contribution < 1.29 is 29.0 Å². The van der Waals surface area contributed by atoms with E-state index in [4.69, 9.17) is 9.47 Å². The molecule has 3 N–H and O–H groups in total. The lowest BCUT2D eigenvalue weighted by Crippen LogP contribution is -2.41. The van der Waals surface area contributed by atoms with Crippen LogP contribution in [0.3, 0.4) is 0 Å². The number of nitrogens with zero attached hydrogens (tertiary/aromatic N) is 1. The molecule has 1 heterocycles. The van der Waals surface area contributed by atoms with Gasteiger partial charge in [-0.2, -0.15) is 0 Å². The summed E-state index contributed by atoms with van der Waals surface area (Å²) in [5.41, 5.74) is 4.85. The molecule has 9 nitrogen and oxygen atoms in total. The Morgan fingerprint density at radius 3 is 2.31 bits per heavy atom. The molecule has 2 amide bonds. The predicted molar refractivity (Wildman–Crippen MR) is 131 cm³/mol. The van der Waals surface area contributed by atoms with Gasteiger partial charge in [0.2, 0.25) is 0 Å². The molecule has 182 valence electrons. The number of rotatable bonds is 9. The third-order valence-electron chi connectivity index (χ3n) is 5.77. The molecule has 0 bridgehead atoms. The number of hydrogen-bond acceptors (Lipinski definition) is 7. The largest absolute Gasteiger partial charge is 0.480 e. The van der Waals surface area contributed by atoms with E-state index in [9.17, 15) is 19.5 Å². The van der Waals surface area contributed by atoms with Crippen LogP contribution in [0.25, 0.3) is 11.1 Å². The van der Waals surface area contributed by atoms with Gasteiger partial charge in [-0.1, -0.05) is 59.9 Å². The summed E-state index contributed by atoms with van der Waals surface area (Å²) in [4.78, 5) is 40.9. The Hall–Kier alpha value is -3.76. The molecule has 0 spiro atoms. The molecule has 35 heavy (non-hydrogen) atoms. The van der Waals surface area contributed by atoms with Gasteiger partial charge in [0.15, 0.2) is 5.13 Å². The van der Waals surface area contributed by atoms with Crippen LogP contribution in [0.2, 0.25) is 0 Å². The molecule has 1 aromatic heterocycles. The number of benzene rings is 2. The van der Waals surface area contributed by atoms with Gasteiger partial charge in [0.05, 0.1) is 5.69 Å². The second-order valence-electron chi connectivity index (χ2n) is 8.03. The van der Waals surface area contributed by atoms with Gasteiger partial charge < -0.3 is 19.9 Å². The van der Waals surface area contributed by atoms with Gasteiger partial charge in [0, 0.05) is 26.1 Å². The van der Waals surface area contributed by atoms with Crippen LogP contribution in [0.15, 0.2) is 48.5 Å². The van der Waals surface area contributed by atoms with E-state index >= 15 is 0 Å². The lowest BCUT2D eigenvalue weighted by atomic mass is 9.98. The number of aliphatic carboxylic acids is 1. The summed E-state index contributed by atoms with van der Waals surface area (Å²) in [5, 5.41) is 14.5. The normalized spacial score (nSPS) is 13.0. The van der Waals surface area contributed by atoms with Gasteiger partial charge in [-0.3, -0.25) is 10.1 Å². The lowest BCUT2D eigenvalue weighted by molar-refractivity contribution is -0.139. The zero-order chi connectivity index (χ0) is 24.9. The van der Waals surface area contributed by atoms with Crippen molar-refractivity contribution in [1.29, 1.82) is 0 Å². The SMILES string of the molecule is COCCC(NC(=O)c1sc(NC(=O)OCC2c3ccccc3-c3ccccc32)nc1C)C(=O)O. The fourth-order valence-corrected chi connectivity index (χ4v) is 4.95. The summed E-state index contributed by atoms with van der Waals surface area (Å²) in [6.07, 6.45) is -0.559. The number of nitrogens with one attached hydrogen (secondary N) is 2. The number of aromatic nitrogens is 1. The number of carboxylic acid groups (broad SMARTS) is 1. The van der Waals surface area contributed by atoms with Crippen LogP contribution in [-0.4, -0.2) is 54.4 Å². The maximum Gasteiger partial charge on any atom is 0.413 e. The van der Waals surface area contributed by atoms with E-state index in [1.54, 1.807) is 6.92 Å².